The van der Waals surface area contributed by atoms with Gasteiger partial charge in [0, 0.05) is 4.88 Å². The Morgan fingerprint density at radius 1 is 1.22 bits per heavy atom. The van der Waals surface area contributed by atoms with Crippen molar-refractivity contribution in [2.24, 2.45) is 0 Å². The van der Waals surface area contributed by atoms with Crippen LogP contribution >= 0.6 is 11.3 Å². The Hall–Kier alpha value is -2.34. The lowest BCUT2D eigenvalue weighted by atomic mass is 10.1. The van der Waals surface area contributed by atoms with E-state index in [1.54, 1.807) is 6.92 Å². The zero-order valence-corrected chi connectivity index (χ0v) is 16.8. The van der Waals surface area contributed by atoms with Gasteiger partial charge in [0.15, 0.2) is 6.10 Å². The molecule has 0 fully saturated rings. The second kappa shape index (κ2) is 8.57. The standard InChI is InChI=1S/C21H25NO4S/c1-4-15(26-16-11-7-6-9-13(16)3)19(23)22-20-18(21(24)25-5-2)14-10-8-12-17(14)27-20/h6-7,9,11,15H,4-5,8,10,12H2,1-3H3,(H,22,23). The number of rotatable bonds is 7. The maximum absolute atomic E-state index is 12.8. The van der Waals surface area contributed by atoms with Gasteiger partial charge in [0.25, 0.3) is 5.91 Å². The summed E-state index contributed by atoms with van der Waals surface area (Å²) in [7, 11) is 0. The fraction of sp³-hybridized carbons (Fsp3) is 0.429. The predicted molar refractivity (Wildman–Crippen MR) is 107 cm³/mol. The molecule has 1 N–H and O–H groups in total. The van der Waals surface area contributed by atoms with Crippen LogP contribution in [0, 0.1) is 6.92 Å². The van der Waals surface area contributed by atoms with Gasteiger partial charge in [0.1, 0.15) is 10.8 Å². The van der Waals surface area contributed by atoms with Crippen molar-refractivity contribution in [1.29, 1.82) is 0 Å². The Labute approximate surface area is 163 Å². The van der Waals surface area contributed by atoms with Crippen LogP contribution in [0.2, 0.25) is 0 Å². The first-order chi connectivity index (χ1) is 13.0. The van der Waals surface area contributed by atoms with E-state index in [4.69, 9.17) is 9.47 Å². The van der Waals surface area contributed by atoms with E-state index in [9.17, 15) is 9.59 Å². The normalized spacial score (nSPS) is 13.7. The number of esters is 1. The summed E-state index contributed by atoms with van der Waals surface area (Å²) in [5.41, 5.74) is 2.53. The Morgan fingerprint density at radius 2 is 2.00 bits per heavy atom. The lowest BCUT2D eigenvalue weighted by Gasteiger charge is -2.18. The van der Waals surface area contributed by atoms with Gasteiger partial charge >= 0.3 is 5.97 Å². The van der Waals surface area contributed by atoms with Crippen LogP contribution in [0.15, 0.2) is 24.3 Å². The van der Waals surface area contributed by atoms with E-state index in [-0.39, 0.29) is 11.9 Å². The average Bonchev–Trinajstić information content (AvgIpc) is 3.21. The molecule has 1 atom stereocenters. The van der Waals surface area contributed by atoms with Crippen molar-refractivity contribution in [2.45, 2.75) is 52.6 Å². The molecule has 27 heavy (non-hydrogen) atoms. The molecule has 6 heteroatoms. The molecule has 1 aliphatic rings. The molecule has 1 unspecified atom stereocenters. The molecule has 144 valence electrons. The van der Waals surface area contributed by atoms with Crippen LogP contribution in [0.5, 0.6) is 5.75 Å². The fourth-order valence-electron chi connectivity index (χ4n) is 3.27. The number of benzene rings is 1. The molecule has 0 bridgehead atoms. The van der Waals surface area contributed by atoms with Gasteiger partial charge < -0.3 is 14.8 Å². The van der Waals surface area contributed by atoms with Crippen LogP contribution in [-0.4, -0.2) is 24.6 Å². The lowest BCUT2D eigenvalue weighted by Crippen LogP contribution is -2.32. The van der Waals surface area contributed by atoms with E-state index in [1.165, 1.54) is 16.2 Å². The predicted octanol–water partition coefficient (Wildman–Crippen LogP) is 4.52. The summed E-state index contributed by atoms with van der Waals surface area (Å²) >= 11 is 1.48. The number of nitrogens with one attached hydrogen (secondary N) is 1. The number of carbonyl (C=O) groups is 2. The summed E-state index contributed by atoms with van der Waals surface area (Å²) in [5.74, 6) is 0.0880. The number of para-hydroxylation sites is 1. The van der Waals surface area contributed by atoms with Crippen LogP contribution in [-0.2, 0) is 22.4 Å². The molecule has 0 saturated heterocycles. The van der Waals surface area contributed by atoms with E-state index >= 15 is 0 Å². The molecule has 2 aromatic rings. The average molecular weight is 388 g/mol. The van der Waals surface area contributed by atoms with Gasteiger partial charge in [-0.25, -0.2) is 4.79 Å². The van der Waals surface area contributed by atoms with Crippen LogP contribution in [0.25, 0.3) is 0 Å². The summed E-state index contributed by atoms with van der Waals surface area (Å²) in [6, 6.07) is 7.62. The van der Waals surface area contributed by atoms with E-state index in [2.05, 4.69) is 5.32 Å². The third kappa shape index (κ3) is 4.16. The fourth-order valence-corrected chi connectivity index (χ4v) is 4.55. The van der Waals surface area contributed by atoms with Gasteiger partial charge in [0.05, 0.1) is 12.2 Å². The minimum atomic E-state index is -0.627. The maximum atomic E-state index is 12.8. The SMILES string of the molecule is CCOC(=O)c1c(NC(=O)C(CC)Oc2ccccc2C)sc2c1CCC2. The number of aryl methyl sites for hydroxylation is 2. The Bertz CT molecular complexity index is 843. The number of thiophene rings is 1. The van der Waals surface area contributed by atoms with Gasteiger partial charge in [-0.1, -0.05) is 25.1 Å². The molecule has 1 aliphatic carbocycles. The van der Waals surface area contributed by atoms with Crippen LogP contribution in [0.3, 0.4) is 0 Å². The quantitative estimate of drug-likeness (QED) is 0.710. The zero-order valence-electron chi connectivity index (χ0n) is 16.0. The zero-order chi connectivity index (χ0) is 19.4. The maximum Gasteiger partial charge on any atom is 0.341 e. The van der Waals surface area contributed by atoms with Gasteiger partial charge in [0.2, 0.25) is 0 Å². The van der Waals surface area contributed by atoms with Gasteiger partial charge in [-0.15, -0.1) is 11.3 Å². The lowest BCUT2D eigenvalue weighted by molar-refractivity contribution is -0.122. The Morgan fingerprint density at radius 3 is 2.70 bits per heavy atom. The van der Waals surface area contributed by atoms with Gasteiger partial charge in [-0.2, -0.15) is 0 Å². The van der Waals surface area contributed by atoms with Gasteiger partial charge in [-0.3, -0.25) is 4.79 Å². The molecule has 0 saturated carbocycles. The molecular formula is C21H25NO4S. The molecular weight excluding hydrogens is 362 g/mol. The number of hydrogen-bond donors (Lipinski definition) is 1. The largest absolute Gasteiger partial charge is 0.480 e. The van der Waals surface area contributed by atoms with Gasteiger partial charge in [-0.05, 0) is 56.7 Å². The summed E-state index contributed by atoms with van der Waals surface area (Å²) in [6.07, 6.45) is 2.74. The van der Waals surface area contributed by atoms with Crippen LogP contribution in [0.1, 0.15) is 53.1 Å². The van der Waals surface area contributed by atoms with Crippen molar-refractivity contribution < 1.29 is 19.1 Å². The summed E-state index contributed by atoms with van der Waals surface area (Å²) in [6.45, 7) is 5.95. The third-order valence-electron chi connectivity index (χ3n) is 4.66. The van der Waals surface area contributed by atoms with Crippen LogP contribution in [0.4, 0.5) is 5.00 Å². The van der Waals surface area contributed by atoms with Crippen molar-refractivity contribution in [2.75, 3.05) is 11.9 Å². The molecule has 1 amide bonds. The summed E-state index contributed by atoms with van der Waals surface area (Å²) < 4.78 is 11.1. The van der Waals surface area contributed by atoms with E-state index < -0.39 is 6.10 Å². The number of carbonyl (C=O) groups excluding carboxylic acids is 2. The van der Waals surface area contributed by atoms with E-state index in [1.807, 2.05) is 38.1 Å². The number of fused-ring (bicyclic) bond motifs is 1. The van der Waals surface area contributed by atoms with Crippen molar-refractivity contribution in [1.82, 2.24) is 0 Å². The van der Waals surface area contributed by atoms with Crippen molar-refractivity contribution in [3.05, 3.63) is 45.8 Å². The highest BCUT2D eigenvalue weighted by atomic mass is 32.1. The molecule has 0 spiro atoms. The number of anilines is 1. The summed E-state index contributed by atoms with van der Waals surface area (Å²) in [4.78, 5) is 26.4. The molecule has 1 aromatic heterocycles. The molecule has 1 heterocycles. The van der Waals surface area contributed by atoms with Crippen molar-refractivity contribution in [3.8, 4) is 5.75 Å². The topological polar surface area (TPSA) is 64.6 Å². The molecule has 0 aliphatic heterocycles. The minimum Gasteiger partial charge on any atom is -0.480 e. The van der Waals surface area contributed by atoms with Crippen molar-refractivity contribution >= 4 is 28.2 Å². The number of amides is 1. The summed E-state index contributed by atoms with van der Waals surface area (Å²) in [5, 5.41) is 3.50. The first kappa shape index (κ1) is 19.4. The smallest absolute Gasteiger partial charge is 0.341 e. The first-order valence-corrected chi connectivity index (χ1v) is 10.2. The highest BCUT2D eigenvalue weighted by Gasteiger charge is 2.30. The van der Waals surface area contributed by atoms with Crippen molar-refractivity contribution in [3.63, 3.8) is 0 Å². The molecule has 1 aromatic carbocycles. The third-order valence-corrected chi connectivity index (χ3v) is 5.87. The molecule has 3 rings (SSSR count). The number of hydrogen-bond acceptors (Lipinski definition) is 5. The minimum absolute atomic E-state index is 0.244. The molecule has 5 nitrogen and oxygen atoms in total. The number of ether oxygens (including phenoxy) is 2. The second-order valence-electron chi connectivity index (χ2n) is 6.55. The van der Waals surface area contributed by atoms with E-state index in [0.717, 1.165) is 30.4 Å². The highest BCUT2D eigenvalue weighted by Crippen LogP contribution is 2.39. The monoisotopic (exact) mass is 387 g/mol. The second-order valence-corrected chi connectivity index (χ2v) is 7.66. The Balaban J connectivity index is 1.80. The highest BCUT2D eigenvalue weighted by molar-refractivity contribution is 7.17. The first-order valence-electron chi connectivity index (χ1n) is 9.39. The Kier molecular flexibility index (Phi) is 6.16. The molecule has 0 radical (unpaired) electrons. The van der Waals surface area contributed by atoms with E-state index in [0.29, 0.717) is 29.3 Å². The van der Waals surface area contributed by atoms with Crippen LogP contribution < -0.4 is 10.1 Å².